The third-order valence-electron chi connectivity index (χ3n) is 3.04. The Morgan fingerprint density at radius 1 is 1.39 bits per heavy atom. The molecule has 0 unspecified atom stereocenters. The largest absolute Gasteiger partial charge is 0.367 e. The number of nitrogens with zero attached hydrogens (tertiary/aromatic N) is 3. The van der Waals surface area contributed by atoms with Crippen molar-refractivity contribution in [3.8, 4) is 23.4 Å². The Morgan fingerprint density at radius 3 is 2.87 bits per heavy atom. The number of hydrogen-bond donors (Lipinski definition) is 1. The number of ether oxygens (including phenoxy) is 1. The van der Waals surface area contributed by atoms with Crippen molar-refractivity contribution in [3.63, 3.8) is 0 Å². The van der Waals surface area contributed by atoms with Crippen molar-refractivity contribution >= 4 is 5.84 Å². The molecular weight excluding hydrogens is 302 g/mol. The first-order chi connectivity index (χ1) is 11.2. The number of nitriles is 1. The lowest BCUT2D eigenvalue weighted by molar-refractivity contribution is 0.428. The second-order valence-corrected chi connectivity index (χ2v) is 4.55. The topological polar surface area (TPSA) is 70.3 Å². The van der Waals surface area contributed by atoms with Gasteiger partial charge in [-0.3, -0.25) is 4.99 Å². The highest BCUT2D eigenvalue weighted by Gasteiger charge is 2.10. The molecule has 0 saturated heterocycles. The van der Waals surface area contributed by atoms with Crippen molar-refractivity contribution in [1.82, 2.24) is 10.5 Å². The first kappa shape index (κ1) is 16.4. The summed E-state index contributed by atoms with van der Waals surface area (Å²) < 4.78 is 31.4. The van der Waals surface area contributed by atoms with E-state index in [9.17, 15) is 8.87 Å². The van der Waals surface area contributed by atoms with Crippen molar-refractivity contribution in [3.05, 3.63) is 47.8 Å². The maximum atomic E-state index is 14.2. The molecule has 118 valence electrons. The van der Waals surface area contributed by atoms with Crippen LogP contribution in [0.3, 0.4) is 0 Å². The molecule has 7 heteroatoms. The molecule has 1 aromatic carbocycles. The normalized spacial score (nSPS) is 11.0. The van der Waals surface area contributed by atoms with Crippen molar-refractivity contribution in [2.24, 2.45) is 4.99 Å². The van der Waals surface area contributed by atoms with E-state index >= 15 is 0 Å². The fourth-order valence-corrected chi connectivity index (χ4v) is 2.02. The van der Waals surface area contributed by atoms with Gasteiger partial charge in [0.05, 0.1) is 5.69 Å². The zero-order chi connectivity index (χ0) is 16.7. The highest BCUT2D eigenvalue weighted by molar-refractivity contribution is 5.83. The maximum Gasteiger partial charge on any atom is 0.293 e. The molecule has 1 aromatic heterocycles. The van der Waals surface area contributed by atoms with Gasteiger partial charge in [0.2, 0.25) is 5.88 Å². The first-order valence-corrected chi connectivity index (χ1v) is 6.89. The molecule has 2 rings (SSSR count). The Balaban J connectivity index is 2.27. The summed E-state index contributed by atoms with van der Waals surface area (Å²) in [5, 5.41) is 8.49. The molecule has 1 heterocycles. The van der Waals surface area contributed by atoms with Gasteiger partial charge < -0.3 is 4.74 Å². The summed E-state index contributed by atoms with van der Waals surface area (Å²) in [6, 6.07) is 9.37. The summed E-state index contributed by atoms with van der Waals surface area (Å²) in [6.45, 7) is 2.17. The van der Waals surface area contributed by atoms with Crippen molar-refractivity contribution < 1.29 is 13.6 Å². The van der Waals surface area contributed by atoms with Crippen molar-refractivity contribution in [2.75, 3.05) is 6.54 Å². The van der Waals surface area contributed by atoms with Gasteiger partial charge in [-0.2, -0.15) is 0 Å². The van der Waals surface area contributed by atoms with Crippen LogP contribution >= 0.6 is 0 Å². The Labute approximate surface area is 132 Å². The number of amidine groups is 1. The highest BCUT2D eigenvalue weighted by atomic mass is 19.2. The van der Waals surface area contributed by atoms with Crippen LogP contribution in [-0.4, -0.2) is 17.4 Å². The van der Waals surface area contributed by atoms with E-state index < -0.39 is 5.82 Å². The lowest BCUT2D eigenvalue weighted by Crippen LogP contribution is -2.18. The van der Waals surface area contributed by atoms with E-state index in [0.717, 1.165) is 0 Å². The number of pyridine rings is 1. The Kier molecular flexibility index (Phi) is 5.58. The van der Waals surface area contributed by atoms with E-state index in [-0.39, 0.29) is 18.1 Å². The predicted molar refractivity (Wildman–Crippen MR) is 81.8 cm³/mol. The second-order valence-electron chi connectivity index (χ2n) is 4.55. The lowest BCUT2D eigenvalue weighted by atomic mass is 10.1. The fourth-order valence-electron chi connectivity index (χ4n) is 2.02. The number of aromatic nitrogens is 1. The molecule has 0 bridgehead atoms. The molecule has 23 heavy (non-hydrogen) atoms. The summed E-state index contributed by atoms with van der Waals surface area (Å²) in [7, 11) is 0. The van der Waals surface area contributed by atoms with Crippen LogP contribution in [0.1, 0.15) is 12.5 Å². The van der Waals surface area contributed by atoms with Crippen LogP contribution in [0.25, 0.3) is 11.3 Å². The zero-order valence-electron chi connectivity index (χ0n) is 12.4. The molecule has 0 aliphatic rings. The lowest BCUT2D eigenvalue weighted by Gasteiger charge is -2.07. The molecule has 1 N–H and O–H groups in total. The van der Waals surface area contributed by atoms with E-state index in [0.29, 0.717) is 23.4 Å². The van der Waals surface area contributed by atoms with Gasteiger partial charge in [0.25, 0.3) is 6.26 Å². The van der Waals surface area contributed by atoms with E-state index in [1.807, 2.05) is 0 Å². The minimum Gasteiger partial charge on any atom is -0.367 e. The van der Waals surface area contributed by atoms with Gasteiger partial charge >= 0.3 is 0 Å². The third kappa shape index (κ3) is 4.23. The molecule has 0 atom stereocenters. The summed E-state index contributed by atoms with van der Waals surface area (Å²) in [5.74, 6) is -0.287. The number of hydrogen-bond acceptors (Lipinski definition) is 4. The van der Waals surface area contributed by atoms with E-state index in [4.69, 9.17) is 5.26 Å². The average Bonchev–Trinajstić information content (AvgIpc) is 2.56. The molecule has 0 amide bonds. The van der Waals surface area contributed by atoms with Crippen LogP contribution < -0.4 is 10.3 Å². The Hall–Kier alpha value is -3.01. The fraction of sp³-hybridized carbons (Fsp3) is 0.188. The van der Waals surface area contributed by atoms with Crippen molar-refractivity contribution in [1.29, 1.82) is 5.26 Å². The number of benzene rings is 1. The molecule has 0 aliphatic heterocycles. The van der Waals surface area contributed by atoms with Gasteiger partial charge in [-0.25, -0.2) is 14.9 Å². The number of nitrogens with one attached hydrogen (secondary N) is 1. The third-order valence-corrected chi connectivity index (χ3v) is 3.04. The maximum absolute atomic E-state index is 14.2. The predicted octanol–water partition coefficient (Wildman–Crippen LogP) is 3.18. The van der Waals surface area contributed by atoms with E-state index in [1.54, 1.807) is 31.2 Å². The smallest absolute Gasteiger partial charge is 0.293 e. The number of rotatable bonds is 5. The van der Waals surface area contributed by atoms with Gasteiger partial charge in [-0.05, 0) is 24.6 Å². The Bertz CT molecular complexity index is 756. The van der Waals surface area contributed by atoms with Crippen LogP contribution in [0.4, 0.5) is 8.87 Å². The molecule has 2 aromatic rings. The summed E-state index contributed by atoms with van der Waals surface area (Å²) >= 11 is 0. The molecule has 0 aliphatic carbocycles. The average molecular weight is 316 g/mol. The molecule has 0 radical (unpaired) electrons. The summed E-state index contributed by atoms with van der Waals surface area (Å²) in [6.07, 6.45) is 1.56. The minimum absolute atomic E-state index is 0.0292. The SMILES string of the molecule is CC/N=C(/Cc1ccc(-c2cccc(OC#N)n2)cc1F)NF. The first-order valence-electron chi connectivity index (χ1n) is 6.89. The molecule has 0 spiro atoms. The number of aliphatic imine (C=N–C) groups is 1. The second kappa shape index (κ2) is 7.84. The van der Waals surface area contributed by atoms with Crippen LogP contribution in [0.2, 0.25) is 0 Å². The van der Waals surface area contributed by atoms with Crippen LogP contribution in [0.15, 0.2) is 41.4 Å². The standard InChI is InChI=1S/C16H14F2N4O/c1-2-20-15(22-18)9-11-6-7-12(8-13(11)17)14-4-3-5-16(21-14)23-10-19/h3-8H,2,9H2,1H3,(H,20,22). The molecular formula is C16H14F2N4O. The van der Waals surface area contributed by atoms with Gasteiger partial charge in [0, 0.05) is 24.6 Å². The highest BCUT2D eigenvalue weighted by Crippen LogP contribution is 2.22. The van der Waals surface area contributed by atoms with Crippen LogP contribution in [0, 0.1) is 17.3 Å². The molecule has 0 fully saturated rings. The van der Waals surface area contributed by atoms with Crippen LogP contribution in [0.5, 0.6) is 5.88 Å². The van der Waals surface area contributed by atoms with Gasteiger partial charge in [0.15, 0.2) is 0 Å². The summed E-state index contributed by atoms with van der Waals surface area (Å²) in [5.41, 5.74) is 2.78. The number of halogens is 2. The van der Waals surface area contributed by atoms with Gasteiger partial charge in [-0.1, -0.05) is 18.2 Å². The molecule has 5 nitrogen and oxygen atoms in total. The minimum atomic E-state index is -0.491. The summed E-state index contributed by atoms with van der Waals surface area (Å²) in [4.78, 5) is 8.00. The molecule has 0 saturated carbocycles. The van der Waals surface area contributed by atoms with Gasteiger partial charge in [-0.15, -0.1) is 9.74 Å². The van der Waals surface area contributed by atoms with Crippen molar-refractivity contribution in [2.45, 2.75) is 13.3 Å². The van der Waals surface area contributed by atoms with Gasteiger partial charge in [0.1, 0.15) is 11.7 Å². The monoisotopic (exact) mass is 316 g/mol. The zero-order valence-corrected chi connectivity index (χ0v) is 12.4. The Morgan fingerprint density at radius 2 is 2.22 bits per heavy atom. The van der Waals surface area contributed by atoms with E-state index in [2.05, 4.69) is 14.7 Å². The van der Waals surface area contributed by atoms with E-state index in [1.165, 1.54) is 23.9 Å². The van der Waals surface area contributed by atoms with Crippen LogP contribution in [-0.2, 0) is 6.42 Å². The quantitative estimate of drug-likeness (QED) is 0.398.